The number of hydrogen-bond acceptors (Lipinski definition) is 4. The second-order valence-electron chi connectivity index (χ2n) is 5.60. The molecule has 0 amide bonds. The molecule has 2 heterocycles. The number of nitrogens with one attached hydrogen (secondary N) is 3. The Morgan fingerprint density at radius 2 is 2.24 bits per heavy atom. The summed E-state index contributed by atoms with van der Waals surface area (Å²) in [5, 5.41) is 3.89. The van der Waals surface area contributed by atoms with E-state index in [1.54, 1.807) is 14.0 Å². The maximum atomic E-state index is 11.4. The Bertz CT molecular complexity index is 973. The van der Waals surface area contributed by atoms with E-state index in [-0.39, 0.29) is 17.5 Å². The van der Waals surface area contributed by atoms with Gasteiger partial charge in [-0.2, -0.15) is 0 Å². The molecule has 0 aliphatic heterocycles. The summed E-state index contributed by atoms with van der Waals surface area (Å²) in [4.78, 5) is 25.6. The fourth-order valence-electron chi connectivity index (χ4n) is 2.59. The molecule has 0 radical (unpaired) electrons. The molecular formula is C17H20N6O2. The zero-order valence-corrected chi connectivity index (χ0v) is 14.1. The van der Waals surface area contributed by atoms with Crippen LogP contribution in [0.5, 0.6) is 5.75 Å². The van der Waals surface area contributed by atoms with Crippen molar-refractivity contribution in [1.82, 2.24) is 15.0 Å². The van der Waals surface area contributed by atoms with E-state index in [2.05, 4.69) is 25.3 Å². The number of ether oxygens (including phenoxy) is 1. The Morgan fingerprint density at radius 1 is 1.40 bits per heavy atom. The number of hydrogen-bond donors (Lipinski definition) is 4. The molecular weight excluding hydrogens is 320 g/mol. The van der Waals surface area contributed by atoms with Crippen LogP contribution in [-0.2, 0) is 6.42 Å². The van der Waals surface area contributed by atoms with Crippen molar-refractivity contribution in [3.05, 3.63) is 52.1 Å². The van der Waals surface area contributed by atoms with Gasteiger partial charge in [-0.25, -0.2) is 4.98 Å². The minimum atomic E-state index is -0.240. The number of anilines is 1. The largest absolute Gasteiger partial charge is 0.497 e. The standard InChI is InChI=1S/C17H20N6O2/c1-10-7-15(24)22-17(21-10)23-16(18)19-6-5-11-9-20-14-4-3-12(25-2)8-13(11)14/h3-4,7-9,20H,5-6H2,1-2H3,(H4,18,19,21,22,23,24). The van der Waals surface area contributed by atoms with E-state index in [1.807, 2.05) is 24.4 Å². The molecule has 0 atom stereocenters. The second kappa shape index (κ2) is 7.08. The van der Waals surface area contributed by atoms with Crippen LogP contribution in [0.3, 0.4) is 0 Å². The molecule has 25 heavy (non-hydrogen) atoms. The third-order valence-corrected chi connectivity index (χ3v) is 3.75. The van der Waals surface area contributed by atoms with Crippen LogP contribution >= 0.6 is 0 Å². The number of rotatable bonds is 5. The molecule has 0 unspecified atom stereocenters. The molecule has 3 rings (SSSR count). The predicted octanol–water partition coefficient (Wildman–Crippen LogP) is 1.54. The van der Waals surface area contributed by atoms with Crippen molar-refractivity contribution in [1.29, 1.82) is 0 Å². The molecule has 3 aromatic rings. The van der Waals surface area contributed by atoms with Gasteiger partial charge in [-0.3, -0.25) is 20.1 Å². The topological polar surface area (TPSA) is 121 Å². The minimum absolute atomic E-state index is 0.200. The highest BCUT2D eigenvalue weighted by Gasteiger charge is 2.05. The van der Waals surface area contributed by atoms with E-state index in [1.165, 1.54) is 6.07 Å². The third kappa shape index (κ3) is 3.97. The summed E-state index contributed by atoms with van der Waals surface area (Å²) in [6.07, 6.45) is 2.68. The summed E-state index contributed by atoms with van der Waals surface area (Å²) < 4.78 is 5.27. The molecule has 0 spiro atoms. The van der Waals surface area contributed by atoms with Gasteiger partial charge in [-0.1, -0.05) is 0 Å². The van der Waals surface area contributed by atoms with Crippen LogP contribution in [-0.4, -0.2) is 34.6 Å². The van der Waals surface area contributed by atoms with E-state index in [0.29, 0.717) is 18.7 Å². The Morgan fingerprint density at radius 3 is 3.00 bits per heavy atom. The smallest absolute Gasteiger partial charge is 0.252 e. The first-order valence-electron chi connectivity index (χ1n) is 7.84. The molecule has 5 N–H and O–H groups in total. The Kier molecular flexibility index (Phi) is 4.69. The number of fused-ring (bicyclic) bond motifs is 1. The van der Waals surface area contributed by atoms with Gasteiger partial charge in [0.2, 0.25) is 5.95 Å². The van der Waals surface area contributed by atoms with E-state index in [9.17, 15) is 4.79 Å². The predicted molar refractivity (Wildman–Crippen MR) is 98.3 cm³/mol. The number of methoxy groups -OCH3 is 1. The lowest BCUT2D eigenvalue weighted by Gasteiger charge is -2.05. The van der Waals surface area contributed by atoms with Gasteiger partial charge in [0.1, 0.15) is 5.75 Å². The number of benzene rings is 1. The van der Waals surface area contributed by atoms with E-state index >= 15 is 0 Å². The number of nitrogens with zero attached hydrogens (tertiary/aromatic N) is 2. The van der Waals surface area contributed by atoms with E-state index < -0.39 is 0 Å². The fraction of sp³-hybridized carbons (Fsp3) is 0.235. The monoisotopic (exact) mass is 340 g/mol. The van der Waals surface area contributed by atoms with E-state index in [0.717, 1.165) is 22.2 Å². The van der Waals surface area contributed by atoms with Crippen LogP contribution in [0.1, 0.15) is 11.3 Å². The first-order chi connectivity index (χ1) is 12.0. The molecule has 1 aromatic carbocycles. The summed E-state index contributed by atoms with van der Waals surface area (Å²) in [6, 6.07) is 7.30. The summed E-state index contributed by atoms with van der Waals surface area (Å²) in [5.41, 5.74) is 8.40. The van der Waals surface area contributed by atoms with Gasteiger partial charge in [0.15, 0.2) is 5.96 Å². The van der Waals surface area contributed by atoms with Gasteiger partial charge in [0.25, 0.3) is 5.56 Å². The summed E-state index contributed by atoms with van der Waals surface area (Å²) >= 11 is 0. The number of aryl methyl sites for hydroxylation is 1. The lowest BCUT2D eigenvalue weighted by atomic mass is 10.1. The molecule has 8 nitrogen and oxygen atoms in total. The first-order valence-corrected chi connectivity index (χ1v) is 7.84. The van der Waals surface area contributed by atoms with Crippen LogP contribution in [0.4, 0.5) is 5.95 Å². The average molecular weight is 340 g/mol. The zero-order chi connectivity index (χ0) is 17.8. The fourth-order valence-corrected chi connectivity index (χ4v) is 2.59. The molecule has 0 aliphatic carbocycles. The van der Waals surface area contributed by atoms with Gasteiger partial charge in [-0.15, -0.1) is 0 Å². The molecule has 0 bridgehead atoms. The number of aromatic amines is 2. The Hall–Kier alpha value is -3.29. The molecule has 2 aromatic heterocycles. The van der Waals surface area contributed by atoms with Crippen LogP contribution in [0.15, 0.2) is 40.2 Å². The molecule has 0 saturated heterocycles. The number of nitrogens with two attached hydrogens (primary N) is 1. The highest BCUT2D eigenvalue weighted by molar-refractivity contribution is 5.90. The highest BCUT2D eigenvalue weighted by Crippen LogP contribution is 2.23. The normalized spacial score (nSPS) is 11.7. The maximum Gasteiger partial charge on any atom is 0.252 e. The number of aromatic nitrogens is 3. The minimum Gasteiger partial charge on any atom is -0.497 e. The first kappa shape index (κ1) is 16.6. The van der Waals surface area contributed by atoms with Gasteiger partial charge in [0, 0.05) is 35.4 Å². The van der Waals surface area contributed by atoms with Crippen molar-refractivity contribution in [3.8, 4) is 5.75 Å². The van der Waals surface area contributed by atoms with Gasteiger partial charge in [0.05, 0.1) is 7.11 Å². The van der Waals surface area contributed by atoms with Crippen LogP contribution in [0, 0.1) is 6.92 Å². The lowest BCUT2D eigenvalue weighted by molar-refractivity contribution is 0.415. The van der Waals surface area contributed by atoms with Crippen LogP contribution < -0.4 is 21.3 Å². The van der Waals surface area contributed by atoms with Gasteiger partial charge >= 0.3 is 0 Å². The third-order valence-electron chi connectivity index (χ3n) is 3.75. The molecule has 0 fully saturated rings. The van der Waals surface area contributed by atoms with Crippen molar-refractivity contribution in [2.45, 2.75) is 13.3 Å². The van der Waals surface area contributed by atoms with Crippen LogP contribution in [0.2, 0.25) is 0 Å². The second-order valence-corrected chi connectivity index (χ2v) is 5.60. The quantitative estimate of drug-likeness (QED) is 0.415. The summed E-state index contributed by atoms with van der Waals surface area (Å²) in [5.74, 6) is 1.29. The SMILES string of the molecule is COc1ccc2[nH]cc(CCN=C(N)Nc3nc(C)cc(=O)[nH]3)c2c1. The highest BCUT2D eigenvalue weighted by atomic mass is 16.5. The number of guanidine groups is 1. The molecule has 0 aliphatic rings. The summed E-state index contributed by atoms with van der Waals surface area (Å²) in [6.45, 7) is 2.23. The van der Waals surface area contributed by atoms with Crippen molar-refractivity contribution in [3.63, 3.8) is 0 Å². The van der Waals surface area contributed by atoms with Gasteiger partial charge < -0.3 is 15.5 Å². The number of aliphatic imine (C=N–C) groups is 1. The van der Waals surface area contributed by atoms with Crippen molar-refractivity contribution < 1.29 is 4.74 Å². The van der Waals surface area contributed by atoms with Crippen molar-refractivity contribution >= 4 is 22.8 Å². The Balaban J connectivity index is 1.67. The average Bonchev–Trinajstić information content (AvgIpc) is 2.96. The van der Waals surface area contributed by atoms with Crippen molar-refractivity contribution in [2.24, 2.45) is 10.7 Å². The molecule has 0 saturated carbocycles. The van der Waals surface area contributed by atoms with E-state index in [4.69, 9.17) is 10.5 Å². The molecule has 8 heteroatoms. The van der Waals surface area contributed by atoms with Crippen LogP contribution in [0.25, 0.3) is 10.9 Å². The number of H-pyrrole nitrogens is 2. The van der Waals surface area contributed by atoms with Crippen molar-refractivity contribution in [2.75, 3.05) is 19.0 Å². The van der Waals surface area contributed by atoms with Gasteiger partial charge in [-0.05, 0) is 37.1 Å². The maximum absolute atomic E-state index is 11.4. The summed E-state index contributed by atoms with van der Waals surface area (Å²) in [7, 11) is 1.65. The lowest BCUT2D eigenvalue weighted by Crippen LogP contribution is -2.26. The Labute approximate surface area is 144 Å². The zero-order valence-electron chi connectivity index (χ0n) is 14.1. The molecule has 130 valence electrons.